The van der Waals surface area contributed by atoms with Crippen LogP contribution in [0.2, 0.25) is 0 Å². The summed E-state index contributed by atoms with van der Waals surface area (Å²) in [5.41, 5.74) is 2.65. The van der Waals surface area contributed by atoms with Gasteiger partial charge >= 0.3 is 0 Å². The maximum absolute atomic E-state index is 3.77. The lowest BCUT2D eigenvalue weighted by Crippen LogP contribution is -2.04. The molecule has 1 aromatic heterocycles. The Labute approximate surface area is 88.6 Å². The number of halogens is 1. The van der Waals surface area contributed by atoms with E-state index in [0.29, 0.717) is 5.92 Å². The van der Waals surface area contributed by atoms with Crippen molar-refractivity contribution in [3.05, 3.63) is 34.6 Å². The van der Waals surface area contributed by atoms with Gasteiger partial charge in [-0.05, 0) is 34.8 Å². The first kappa shape index (κ1) is 10.6. The lowest BCUT2D eigenvalue weighted by molar-refractivity contribution is 0.685. The number of rotatable bonds is 3. The summed E-state index contributed by atoms with van der Waals surface area (Å²) in [4.78, 5) is 0. The quantitative estimate of drug-likeness (QED) is 0.709. The summed E-state index contributed by atoms with van der Waals surface area (Å²) in [6.07, 6.45) is 1.94. The molecule has 0 amide bonds. The van der Waals surface area contributed by atoms with Gasteiger partial charge in [-0.25, -0.2) is 0 Å². The topological polar surface area (TPSA) is 4.93 Å². The van der Waals surface area contributed by atoms with Crippen molar-refractivity contribution in [1.29, 1.82) is 0 Å². The molecule has 0 spiro atoms. The van der Waals surface area contributed by atoms with Gasteiger partial charge in [-0.1, -0.05) is 19.9 Å². The van der Waals surface area contributed by atoms with Crippen molar-refractivity contribution in [3.8, 4) is 0 Å². The lowest BCUT2D eigenvalue weighted by atomic mass is 10.1. The minimum absolute atomic E-state index is 0.544. The van der Waals surface area contributed by atoms with Crippen LogP contribution >= 0.6 is 15.9 Å². The van der Waals surface area contributed by atoms with Crippen LogP contribution < -0.4 is 0 Å². The minimum Gasteiger partial charge on any atom is -0.344 e. The smallest absolute Gasteiger partial charge is 0.0403 e. The third-order valence-electron chi connectivity index (χ3n) is 2.16. The molecule has 0 atom stereocenters. The molecule has 13 heavy (non-hydrogen) atoms. The fourth-order valence-corrected chi connectivity index (χ4v) is 2.62. The molecule has 0 saturated heterocycles. The van der Waals surface area contributed by atoms with E-state index in [1.54, 1.807) is 0 Å². The lowest BCUT2D eigenvalue weighted by Gasteiger charge is -2.12. The Morgan fingerprint density at radius 3 is 2.69 bits per heavy atom. The Morgan fingerprint density at radius 1 is 1.62 bits per heavy atom. The number of hydrogen-bond donors (Lipinski definition) is 0. The van der Waals surface area contributed by atoms with Crippen molar-refractivity contribution in [2.45, 2.75) is 33.2 Å². The van der Waals surface area contributed by atoms with E-state index in [9.17, 15) is 0 Å². The fourth-order valence-electron chi connectivity index (χ4n) is 1.61. The summed E-state index contributed by atoms with van der Waals surface area (Å²) in [6, 6.07) is 2.17. The Kier molecular flexibility index (Phi) is 3.37. The molecule has 0 saturated carbocycles. The molecule has 0 unspecified atom stereocenters. The summed E-state index contributed by atoms with van der Waals surface area (Å²) in [6.45, 7) is 11.2. The van der Waals surface area contributed by atoms with Crippen molar-refractivity contribution in [2.24, 2.45) is 0 Å². The highest BCUT2D eigenvalue weighted by Gasteiger charge is 2.12. The zero-order chi connectivity index (χ0) is 10.0. The average Bonchev–Trinajstić information content (AvgIpc) is 2.27. The van der Waals surface area contributed by atoms with E-state index < -0.39 is 0 Å². The predicted molar refractivity (Wildman–Crippen MR) is 61.2 cm³/mol. The Morgan fingerprint density at radius 2 is 2.23 bits per heavy atom. The van der Waals surface area contributed by atoms with E-state index in [4.69, 9.17) is 0 Å². The van der Waals surface area contributed by atoms with Crippen LogP contribution in [0.4, 0.5) is 0 Å². The van der Waals surface area contributed by atoms with E-state index in [0.717, 1.165) is 6.54 Å². The van der Waals surface area contributed by atoms with E-state index in [-0.39, 0.29) is 0 Å². The first-order valence-electron chi connectivity index (χ1n) is 4.54. The largest absolute Gasteiger partial charge is 0.344 e. The van der Waals surface area contributed by atoms with E-state index in [1.165, 1.54) is 15.9 Å². The predicted octanol–water partition coefficient (Wildman–Crippen LogP) is 3.87. The van der Waals surface area contributed by atoms with Crippen LogP contribution in [0.5, 0.6) is 0 Å². The normalized spacial score (nSPS) is 10.8. The molecule has 1 heterocycles. The van der Waals surface area contributed by atoms with Crippen molar-refractivity contribution < 1.29 is 0 Å². The molecule has 0 fully saturated rings. The molecular formula is C11H16BrN. The third-order valence-corrected chi connectivity index (χ3v) is 2.79. The van der Waals surface area contributed by atoms with E-state index >= 15 is 0 Å². The molecule has 0 aliphatic carbocycles. The molecule has 0 aliphatic rings. The number of nitrogens with zero attached hydrogens (tertiary/aromatic N) is 1. The Bertz CT molecular complexity index is 310. The molecule has 1 nitrogen and oxygen atoms in total. The molecular weight excluding hydrogens is 226 g/mol. The van der Waals surface area contributed by atoms with Crippen molar-refractivity contribution >= 4 is 15.9 Å². The summed E-state index contributed by atoms with van der Waals surface area (Å²) >= 11 is 3.58. The van der Waals surface area contributed by atoms with Gasteiger partial charge in [-0.3, -0.25) is 0 Å². The summed E-state index contributed by atoms with van der Waals surface area (Å²) < 4.78 is 3.50. The molecule has 0 radical (unpaired) electrons. The van der Waals surface area contributed by atoms with Crippen LogP contribution in [0.1, 0.15) is 31.2 Å². The molecule has 0 bridgehead atoms. The second-order valence-corrected chi connectivity index (χ2v) is 4.43. The van der Waals surface area contributed by atoms with E-state index in [1.807, 2.05) is 6.08 Å². The van der Waals surface area contributed by atoms with Gasteiger partial charge in [0.1, 0.15) is 0 Å². The van der Waals surface area contributed by atoms with E-state index in [2.05, 4.69) is 53.9 Å². The zero-order valence-corrected chi connectivity index (χ0v) is 10.1. The standard InChI is InChI=1S/C11H16BrN/c1-5-6-13-9(4)7-10(12)11(13)8(2)3/h5,7-8H,1,6H2,2-4H3. The van der Waals surface area contributed by atoms with Gasteiger partial charge in [0.25, 0.3) is 0 Å². The van der Waals surface area contributed by atoms with Crippen molar-refractivity contribution in [3.63, 3.8) is 0 Å². The molecule has 1 rings (SSSR count). The monoisotopic (exact) mass is 241 g/mol. The van der Waals surface area contributed by atoms with Crippen LogP contribution in [0, 0.1) is 6.92 Å². The third kappa shape index (κ3) is 2.05. The highest BCUT2D eigenvalue weighted by molar-refractivity contribution is 9.10. The highest BCUT2D eigenvalue weighted by Crippen LogP contribution is 2.28. The highest BCUT2D eigenvalue weighted by atomic mass is 79.9. The summed E-state index contributed by atoms with van der Waals surface area (Å²) in [5.74, 6) is 0.544. The minimum atomic E-state index is 0.544. The molecule has 0 aromatic carbocycles. The molecule has 72 valence electrons. The summed E-state index contributed by atoms with van der Waals surface area (Å²) in [7, 11) is 0. The van der Waals surface area contributed by atoms with Crippen molar-refractivity contribution in [2.75, 3.05) is 0 Å². The maximum atomic E-state index is 3.77. The number of hydrogen-bond acceptors (Lipinski definition) is 0. The number of allylic oxidation sites excluding steroid dienone is 1. The van der Waals surface area contributed by atoms with Gasteiger partial charge in [0.05, 0.1) is 0 Å². The fraction of sp³-hybridized carbons (Fsp3) is 0.455. The molecule has 0 N–H and O–H groups in total. The second kappa shape index (κ2) is 4.14. The van der Waals surface area contributed by atoms with Crippen LogP contribution in [0.3, 0.4) is 0 Å². The number of aromatic nitrogens is 1. The van der Waals surface area contributed by atoms with Crippen LogP contribution in [-0.2, 0) is 6.54 Å². The molecule has 2 heteroatoms. The van der Waals surface area contributed by atoms with Gasteiger partial charge in [0, 0.05) is 22.4 Å². The average molecular weight is 242 g/mol. The number of aryl methyl sites for hydroxylation is 1. The Hall–Kier alpha value is -0.500. The SMILES string of the molecule is C=CCn1c(C)cc(Br)c1C(C)C. The Balaban J connectivity index is 3.20. The van der Waals surface area contributed by atoms with Crippen LogP contribution in [0.25, 0.3) is 0 Å². The van der Waals surface area contributed by atoms with Gasteiger partial charge in [-0.15, -0.1) is 6.58 Å². The van der Waals surface area contributed by atoms with Crippen LogP contribution in [-0.4, -0.2) is 4.57 Å². The zero-order valence-electron chi connectivity index (χ0n) is 8.47. The van der Waals surface area contributed by atoms with Gasteiger partial charge in [-0.2, -0.15) is 0 Å². The van der Waals surface area contributed by atoms with Gasteiger partial charge < -0.3 is 4.57 Å². The van der Waals surface area contributed by atoms with Gasteiger partial charge in [0.15, 0.2) is 0 Å². The van der Waals surface area contributed by atoms with Crippen LogP contribution in [0.15, 0.2) is 23.2 Å². The van der Waals surface area contributed by atoms with Gasteiger partial charge in [0.2, 0.25) is 0 Å². The van der Waals surface area contributed by atoms with Crippen molar-refractivity contribution in [1.82, 2.24) is 4.57 Å². The molecule has 0 aliphatic heterocycles. The maximum Gasteiger partial charge on any atom is 0.0403 e. The summed E-state index contributed by atoms with van der Waals surface area (Å²) in [5, 5.41) is 0. The first-order chi connectivity index (χ1) is 6.07. The second-order valence-electron chi connectivity index (χ2n) is 3.57. The molecule has 1 aromatic rings. The first-order valence-corrected chi connectivity index (χ1v) is 5.33.